The van der Waals surface area contributed by atoms with E-state index < -0.39 is 0 Å². The van der Waals surface area contributed by atoms with Crippen molar-refractivity contribution in [1.82, 2.24) is 5.32 Å². The molecule has 2 unspecified atom stereocenters. The molecule has 0 spiro atoms. The standard InChI is InChI=1S/C13H29NO2/c1-7-14-12(11(3)9-10-15-6)13(4,5)16-8-2/h11-12,14H,7-10H2,1-6H3. The fourth-order valence-electron chi connectivity index (χ4n) is 2.28. The summed E-state index contributed by atoms with van der Waals surface area (Å²) in [5, 5.41) is 3.54. The molecule has 2 atom stereocenters. The molecule has 0 radical (unpaired) electrons. The Hall–Kier alpha value is -0.120. The highest BCUT2D eigenvalue weighted by Gasteiger charge is 2.33. The largest absolute Gasteiger partial charge is 0.385 e. The van der Waals surface area contributed by atoms with Gasteiger partial charge in [-0.2, -0.15) is 0 Å². The Bertz CT molecular complexity index is 171. The Balaban J connectivity index is 4.44. The zero-order chi connectivity index (χ0) is 12.6. The van der Waals surface area contributed by atoms with E-state index in [0.29, 0.717) is 12.0 Å². The SMILES string of the molecule is CCNC(C(C)CCOC)C(C)(C)OCC. The van der Waals surface area contributed by atoms with Gasteiger partial charge in [0.1, 0.15) is 0 Å². The summed E-state index contributed by atoms with van der Waals surface area (Å²) in [5.41, 5.74) is -0.127. The number of methoxy groups -OCH3 is 1. The molecule has 0 amide bonds. The maximum absolute atomic E-state index is 5.84. The first-order valence-corrected chi connectivity index (χ1v) is 6.35. The Morgan fingerprint density at radius 2 is 1.88 bits per heavy atom. The topological polar surface area (TPSA) is 30.5 Å². The molecule has 98 valence electrons. The van der Waals surface area contributed by atoms with Crippen LogP contribution in [0.4, 0.5) is 0 Å². The van der Waals surface area contributed by atoms with Gasteiger partial charge in [0.2, 0.25) is 0 Å². The number of ether oxygens (including phenoxy) is 2. The van der Waals surface area contributed by atoms with Gasteiger partial charge in [-0.15, -0.1) is 0 Å². The third-order valence-corrected chi connectivity index (χ3v) is 3.04. The number of likely N-dealkylation sites (N-methyl/N-ethyl adjacent to an activating group) is 1. The summed E-state index contributed by atoms with van der Waals surface area (Å²) in [6.07, 6.45) is 1.06. The Labute approximate surface area is 101 Å². The summed E-state index contributed by atoms with van der Waals surface area (Å²) >= 11 is 0. The molecule has 0 aromatic heterocycles. The highest BCUT2D eigenvalue weighted by molar-refractivity contribution is 4.89. The maximum Gasteiger partial charge on any atom is 0.0781 e. The Morgan fingerprint density at radius 3 is 2.31 bits per heavy atom. The van der Waals surface area contributed by atoms with Crippen LogP contribution in [0, 0.1) is 5.92 Å². The van der Waals surface area contributed by atoms with E-state index in [-0.39, 0.29) is 5.60 Å². The highest BCUT2D eigenvalue weighted by atomic mass is 16.5. The molecule has 0 saturated carbocycles. The second kappa shape index (κ2) is 8.04. The number of nitrogens with one attached hydrogen (secondary N) is 1. The molecule has 3 nitrogen and oxygen atoms in total. The van der Waals surface area contributed by atoms with E-state index >= 15 is 0 Å². The van der Waals surface area contributed by atoms with Crippen LogP contribution in [-0.4, -0.2) is 38.5 Å². The lowest BCUT2D eigenvalue weighted by Gasteiger charge is -2.38. The average molecular weight is 231 g/mol. The van der Waals surface area contributed by atoms with E-state index in [9.17, 15) is 0 Å². The average Bonchev–Trinajstić information content (AvgIpc) is 2.22. The van der Waals surface area contributed by atoms with Crippen LogP contribution >= 0.6 is 0 Å². The van der Waals surface area contributed by atoms with Crippen molar-refractivity contribution >= 4 is 0 Å². The van der Waals surface area contributed by atoms with Crippen LogP contribution in [0.25, 0.3) is 0 Å². The molecular formula is C13H29NO2. The van der Waals surface area contributed by atoms with Crippen LogP contribution in [0.1, 0.15) is 41.0 Å². The van der Waals surface area contributed by atoms with Crippen LogP contribution in [0.3, 0.4) is 0 Å². The van der Waals surface area contributed by atoms with Crippen molar-refractivity contribution < 1.29 is 9.47 Å². The van der Waals surface area contributed by atoms with Crippen molar-refractivity contribution in [2.75, 3.05) is 26.9 Å². The summed E-state index contributed by atoms with van der Waals surface area (Å²) in [6, 6.07) is 0.368. The summed E-state index contributed by atoms with van der Waals surface area (Å²) < 4.78 is 11.0. The van der Waals surface area contributed by atoms with Gasteiger partial charge in [0, 0.05) is 26.4 Å². The zero-order valence-electron chi connectivity index (χ0n) is 11.8. The van der Waals surface area contributed by atoms with E-state index in [1.54, 1.807) is 7.11 Å². The molecule has 0 aliphatic heterocycles. The lowest BCUT2D eigenvalue weighted by Crippen LogP contribution is -2.52. The van der Waals surface area contributed by atoms with E-state index in [0.717, 1.165) is 26.2 Å². The third kappa shape index (κ3) is 5.28. The van der Waals surface area contributed by atoms with Gasteiger partial charge in [-0.1, -0.05) is 13.8 Å². The van der Waals surface area contributed by atoms with Gasteiger partial charge in [0.25, 0.3) is 0 Å². The zero-order valence-corrected chi connectivity index (χ0v) is 11.8. The predicted octanol–water partition coefficient (Wildman–Crippen LogP) is 2.45. The molecule has 1 N–H and O–H groups in total. The van der Waals surface area contributed by atoms with Gasteiger partial charge in [-0.3, -0.25) is 0 Å². The van der Waals surface area contributed by atoms with Crippen LogP contribution in [0.15, 0.2) is 0 Å². The minimum atomic E-state index is -0.127. The van der Waals surface area contributed by atoms with Crippen molar-refractivity contribution in [2.24, 2.45) is 5.92 Å². The Morgan fingerprint density at radius 1 is 1.25 bits per heavy atom. The fraction of sp³-hybridized carbons (Fsp3) is 1.00. The second-order valence-corrected chi connectivity index (χ2v) is 4.83. The van der Waals surface area contributed by atoms with Crippen molar-refractivity contribution in [3.8, 4) is 0 Å². The molecule has 0 bridgehead atoms. The lowest BCUT2D eigenvalue weighted by molar-refractivity contribution is -0.0533. The van der Waals surface area contributed by atoms with Crippen molar-refractivity contribution in [2.45, 2.75) is 52.7 Å². The molecule has 16 heavy (non-hydrogen) atoms. The first-order chi connectivity index (χ1) is 7.49. The number of hydrogen-bond donors (Lipinski definition) is 1. The first kappa shape index (κ1) is 15.9. The number of rotatable bonds is 9. The summed E-state index contributed by atoms with van der Waals surface area (Å²) in [5.74, 6) is 0.543. The molecule has 0 aromatic carbocycles. The molecule has 0 saturated heterocycles. The summed E-state index contributed by atoms with van der Waals surface area (Å²) in [7, 11) is 1.75. The smallest absolute Gasteiger partial charge is 0.0781 e. The minimum absolute atomic E-state index is 0.127. The molecule has 3 heteroatoms. The van der Waals surface area contributed by atoms with Crippen LogP contribution in [-0.2, 0) is 9.47 Å². The lowest BCUT2D eigenvalue weighted by atomic mass is 9.86. The van der Waals surface area contributed by atoms with Gasteiger partial charge in [-0.05, 0) is 39.7 Å². The normalized spacial score (nSPS) is 16.1. The summed E-state index contributed by atoms with van der Waals surface area (Å²) in [6.45, 7) is 13.3. The summed E-state index contributed by atoms with van der Waals surface area (Å²) in [4.78, 5) is 0. The molecule has 0 aromatic rings. The van der Waals surface area contributed by atoms with Crippen molar-refractivity contribution in [3.63, 3.8) is 0 Å². The van der Waals surface area contributed by atoms with Crippen LogP contribution in [0.5, 0.6) is 0 Å². The molecule has 0 aliphatic rings. The third-order valence-electron chi connectivity index (χ3n) is 3.04. The molecule has 0 fully saturated rings. The molecule has 0 aliphatic carbocycles. The maximum atomic E-state index is 5.84. The van der Waals surface area contributed by atoms with Crippen LogP contribution < -0.4 is 5.32 Å². The van der Waals surface area contributed by atoms with Gasteiger partial charge < -0.3 is 14.8 Å². The second-order valence-electron chi connectivity index (χ2n) is 4.83. The van der Waals surface area contributed by atoms with Crippen molar-refractivity contribution in [3.05, 3.63) is 0 Å². The van der Waals surface area contributed by atoms with E-state index in [1.807, 2.05) is 6.92 Å². The minimum Gasteiger partial charge on any atom is -0.385 e. The van der Waals surface area contributed by atoms with Gasteiger partial charge in [-0.25, -0.2) is 0 Å². The van der Waals surface area contributed by atoms with Crippen molar-refractivity contribution in [1.29, 1.82) is 0 Å². The first-order valence-electron chi connectivity index (χ1n) is 6.35. The fourth-order valence-corrected chi connectivity index (χ4v) is 2.28. The quantitative estimate of drug-likeness (QED) is 0.661. The van der Waals surface area contributed by atoms with Gasteiger partial charge in [0.05, 0.1) is 5.60 Å². The van der Waals surface area contributed by atoms with E-state index in [1.165, 1.54) is 0 Å². The van der Waals surface area contributed by atoms with Crippen LogP contribution in [0.2, 0.25) is 0 Å². The van der Waals surface area contributed by atoms with Gasteiger partial charge >= 0.3 is 0 Å². The monoisotopic (exact) mass is 231 g/mol. The number of hydrogen-bond acceptors (Lipinski definition) is 3. The Kier molecular flexibility index (Phi) is 7.98. The molecular weight excluding hydrogens is 202 g/mol. The highest BCUT2D eigenvalue weighted by Crippen LogP contribution is 2.23. The molecule has 0 rings (SSSR count). The molecule has 0 heterocycles. The predicted molar refractivity (Wildman–Crippen MR) is 68.8 cm³/mol. The van der Waals surface area contributed by atoms with E-state index in [4.69, 9.17) is 9.47 Å². The van der Waals surface area contributed by atoms with E-state index in [2.05, 4.69) is 33.0 Å². The van der Waals surface area contributed by atoms with Gasteiger partial charge in [0.15, 0.2) is 0 Å².